The molecule has 0 aliphatic rings. The van der Waals surface area contributed by atoms with Gasteiger partial charge in [0.05, 0.1) is 23.8 Å². The summed E-state index contributed by atoms with van der Waals surface area (Å²) in [6.07, 6.45) is 1.65. The summed E-state index contributed by atoms with van der Waals surface area (Å²) in [4.78, 5) is 16.7. The van der Waals surface area contributed by atoms with Crippen LogP contribution in [0.5, 0.6) is 0 Å². The Morgan fingerprint density at radius 1 is 1.73 bits per heavy atom. The molecular formula is C10H17N3OS. The summed E-state index contributed by atoms with van der Waals surface area (Å²) < 4.78 is 0. The van der Waals surface area contributed by atoms with Crippen LogP contribution in [-0.2, 0) is 11.3 Å². The van der Waals surface area contributed by atoms with E-state index < -0.39 is 0 Å². The highest BCUT2D eigenvalue weighted by molar-refractivity contribution is 7.09. The molecule has 0 bridgehead atoms. The highest BCUT2D eigenvalue weighted by Crippen LogP contribution is 2.11. The zero-order valence-corrected chi connectivity index (χ0v) is 9.93. The number of aryl methyl sites for hydroxylation is 1. The van der Waals surface area contributed by atoms with Crippen molar-refractivity contribution in [2.24, 2.45) is 5.73 Å². The van der Waals surface area contributed by atoms with E-state index in [-0.39, 0.29) is 11.9 Å². The highest BCUT2D eigenvalue weighted by Gasteiger charge is 2.12. The van der Waals surface area contributed by atoms with Crippen molar-refractivity contribution >= 4 is 17.2 Å². The smallest absolute Gasteiger partial charge is 0.237 e. The van der Waals surface area contributed by atoms with Crippen LogP contribution in [0.2, 0.25) is 0 Å². The highest BCUT2D eigenvalue weighted by atomic mass is 32.1. The lowest BCUT2D eigenvalue weighted by Gasteiger charge is -2.10. The molecule has 4 nitrogen and oxygen atoms in total. The zero-order chi connectivity index (χ0) is 11.3. The molecule has 0 fully saturated rings. The quantitative estimate of drug-likeness (QED) is 0.794. The number of nitrogens with one attached hydrogen (secondary N) is 1. The molecule has 0 saturated heterocycles. The molecule has 1 amide bonds. The van der Waals surface area contributed by atoms with E-state index in [1.807, 2.05) is 13.8 Å². The van der Waals surface area contributed by atoms with E-state index in [1.54, 1.807) is 16.8 Å². The van der Waals surface area contributed by atoms with Gasteiger partial charge in [0.2, 0.25) is 5.91 Å². The Morgan fingerprint density at radius 3 is 3.00 bits per heavy atom. The van der Waals surface area contributed by atoms with Crippen molar-refractivity contribution in [3.05, 3.63) is 16.1 Å². The number of aromatic nitrogens is 1. The van der Waals surface area contributed by atoms with Gasteiger partial charge < -0.3 is 11.1 Å². The van der Waals surface area contributed by atoms with Gasteiger partial charge in [-0.2, -0.15) is 0 Å². The summed E-state index contributed by atoms with van der Waals surface area (Å²) in [5, 5.41) is 2.82. The zero-order valence-electron chi connectivity index (χ0n) is 9.12. The number of hydrogen-bond donors (Lipinski definition) is 2. The van der Waals surface area contributed by atoms with Gasteiger partial charge in [-0.3, -0.25) is 4.79 Å². The first-order chi connectivity index (χ1) is 7.15. The van der Waals surface area contributed by atoms with Crippen molar-refractivity contribution in [2.45, 2.75) is 39.3 Å². The molecule has 1 rings (SSSR count). The largest absolute Gasteiger partial charge is 0.350 e. The van der Waals surface area contributed by atoms with Gasteiger partial charge in [-0.15, -0.1) is 11.3 Å². The molecule has 0 aromatic carbocycles. The number of amides is 1. The fourth-order valence-electron chi connectivity index (χ4n) is 1.24. The topological polar surface area (TPSA) is 68.0 Å². The Labute approximate surface area is 93.9 Å². The second kappa shape index (κ2) is 5.82. The summed E-state index contributed by atoms with van der Waals surface area (Å²) in [6, 6.07) is -0.386. The van der Waals surface area contributed by atoms with E-state index in [2.05, 4.69) is 10.3 Å². The molecule has 0 spiro atoms. The molecular weight excluding hydrogens is 210 g/mol. The van der Waals surface area contributed by atoms with Crippen molar-refractivity contribution in [3.8, 4) is 0 Å². The summed E-state index contributed by atoms with van der Waals surface area (Å²) in [5.74, 6) is -0.0790. The Hall–Kier alpha value is -0.940. The molecule has 5 heteroatoms. The minimum atomic E-state index is -0.386. The van der Waals surface area contributed by atoms with Gasteiger partial charge in [-0.1, -0.05) is 13.3 Å². The van der Waals surface area contributed by atoms with Crippen molar-refractivity contribution in [1.82, 2.24) is 10.3 Å². The molecule has 3 N–H and O–H groups in total. The monoisotopic (exact) mass is 227 g/mol. The Bertz CT molecular complexity index is 324. The average Bonchev–Trinajstić information content (AvgIpc) is 2.61. The minimum absolute atomic E-state index is 0.0790. The van der Waals surface area contributed by atoms with Crippen LogP contribution in [0.25, 0.3) is 0 Å². The predicted molar refractivity (Wildman–Crippen MR) is 61.6 cm³/mol. The van der Waals surface area contributed by atoms with Crippen LogP contribution in [0.4, 0.5) is 0 Å². The van der Waals surface area contributed by atoms with E-state index in [9.17, 15) is 4.79 Å². The second-order valence-corrected chi connectivity index (χ2v) is 4.41. The van der Waals surface area contributed by atoms with E-state index in [0.717, 1.165) is 23.4 Å². The molecule has 0 aliphatic carbocycles. The SMILES string of the molecule is CCC[C@H](N)C(=O)NCc1scnc1C. The third-order valence-corrected chi connectivity index (χ3v) is 3.14. The third kappa shape index (κ3) is 3.60. The fourth-order valence-corrected chi connectivity index (χ4v) is 1.95. The van der Waals surface area contributed by atoms with Crippen LogP contribution in [0.15, 0.2) is 5.51 Å². The van der Waals surface area contributed by atoms with E-state index in [1.165, 1.54) is 0 Å². The van der Waals surface area contributed by atoms with Crippen molar-refractivity contribution < 1.29 is 4.79 Å². The number of rotatable bonds is 5. The van der Waals surface area contributed by atoms with Crippen LogP contribution in [-0.4, -0.2) is 16.9 Å². The van der Waals surface area contributed by atoms with E-state index in [4.69, 9.17) is 5.73 Å². The van der Waals surface area contributed by atoms with Crippen LogP contribution >= 0.6 is 11.3 Å². The van der Waals surface area contributed by atoms with Gasteiger partial charge in [0, 0.05) is 4.88 Å². The standard InChI is InChI=1S/C10H17N3OS/c1-3-4-8(11)10(14)12-5-9-7(2)13-6-15-9/h6,8H,3-5,11H2,1-2H3,(H,12,14)/t8-/m0/s1. The fraction of sp³-hybridized carbons (Fsp3) is 0.600. The summed E-state index contributed by atoms with van der Waals surface area (Å²) in [6.45, 7) is 4.48. The molecule has 1 aromatic heterocycles. The second-order valence-electron chi connectivity index (χ2n) is 3.47. The molecule has 1 atom stereocenters. The predicted octanol–water partition coefficient (Wildman–Crippen LogP) is 1.20. The minimum Gasteiger partial charge on any atom is -0.350 e. The van der Waals surface area contributed by atoms with Gasteiger partial charge in [-0.05, 0) is 13.3 Å². The molecule has 1 aromatic rings. The molecule has 1 heterocycles. The van der Waals surface area contributed by atoms with Gasteiger partial charge in [0.25, 0.3) is 0 Å². The summed E-state index contributed by atoms with van der Waals surface area (Å²) >= 11 is 1.55. The van der Waals surface area contributed by atoms with E-state index >= 15 is 0 Å². The van der Waals surface area contributed by atoms with Crippen molar-refractivity contribution in [3.63, 3.8) is 0 Å². The molecule has 0 unspecified atom stereocenters. The van der Waals surface area contributed by atoms with Gasteiger partial charge in [0.15, 0.2) is 0 Å². The number of hydrogen-bond acceptors (Lipinski definition) is 4. The third-order valence-electron chi connectivity index (χ3n) is 2.20. The van der Waals surface area contributed by atoms with Gasteiger partial charge >= 0.3 is 0 Å². The first-order valence-electron chi connectivity index (χ1n) is 5.07. The number of carbonyl (C=O) groups excluding carboxylic acids is 1. The van der Waals surface area contributed by atoms with Crippen LogP contribution < -0.4 is 11.1 Å². The normalized spacial score (nSPS) is 12.5. The molecule has 84 valence electrons. The summed E-state index contributed by atoms with van der Waals surface area (Å²) in [5.41, 5.74) is 8.44. The van der Waals surface area contributed by atoms with Crippen LogP contribution in [0, 0.1) is 6.92 Å². The van der Waals surface area contributed by atoms with Gasteiger partial charge in [0.1, 0.15) is 0 Å². The molecule has 15 heavy (non-hydrogen) atoms. The van der Waals surface area contributed by atoms with Crippen molar-refractivity contribution in [2.75, 3.05) is 0 Å². The number of thiazole rings is 1. The maximum atomic E-state index is 11.5. The maximum Gasteiger partial charge on any atom is 0.237 e. The Kier molecular flexibility index (Phi) is 4.71. The number of nitrogens with zero attached hydrogens (tertiary/aromatic N) is 1. The van der Waals surface area contributed by atoms with Crippen LogP contribution in [0.3, 0.4) is 0 Å². The van der Waals surface area contributed by atoms with Crippen LogP contribution in [0.1, 0.15) is 30.3 Å². The average molecular weight is 227 g/mol. The Balaban J connectivity index is 2.37. The molecule has 0 radical (unpaired) electrons. The maximum absolute atomic E-state index is 11.5. The van der Waals surface area contributed by atoms with E-state index in [0.29, 0.717) is 6.54 Å². The number of carbonyl (C=O) groups is 1. The molecule has 0 aliphatic heterocycles. The first kappa shape index (κ1) is 12.1. The first-order valence-corrected chi connectivity index (χ1v) is 5.95. The Morgan fingerprint density at radius 2 is 2.47 bits per heavy atom. The van der Waals surface area contributed by atoms with Gasteiger partial charge in [-0.25, -0.2) is 4.98 Å². The number of nitrogens with two attached hydrogens (primary N) is 1. The van der Waals surface area contributed by atoms with Crippen molar-refractivity contribution in [1.29, 1.82) is 0 Å². The molecule has 0 saturated carbocycles. The lowest BCUT2D eigenvalue weighted by atomic mass is 10.2. The summed E-state index contributed by atoms with van der Waals surface area (Å²) in [7, 11) is 0. The lowest BCUT2D eigenvalue weighted by molar-refractivity contribution is -0.122. The lowest BCUT2D eigenvalue weighted by Crippen LogP contribution is -2.40.